The van der Waals surface area contributed by atoms with Gasteiger partial charge in [0.2, 0.25) is 0 Å². The van der Waals surface area contributed by atoms with Gasteiger partial charge in [0.05, 0.1) is 5.03 Å². The largest absolute Gasteiger partial charge is 0.402 e. The molecule has 1 saturated heterocycles. The Hall–Kier alpha value is -0.670. The molecule has 0 saturated carbocycles. The van der Waals surface area contributed by atoms with Crippen LogP contribution in [0.3, 0.4) is 0 Å². The van der Waals surface area contributed by atoms with E-state index in [-0.39, 0.29) is 0 Å². The Bertz CT molecular complexity index is 327. The van der Waals surface area contributed by atoms with Gasteiger partial charge in [-0.15, -0.1) is 0 Å². The first-order valence-corrected chi connectivity index (χ1v) is 6.25. The Kier molecular flexibility index (Phi) is 3.45. The molecule has 0 spiro atoms. The summed E-state index contributed by atoms with van der Waals surface area (Å²) < 4.78 is 0. The van der Waals surface area contributed by atoms with Gasteiger partial charge in [-0.1, -0.05) is 18.5 Å². The molecule has 0 bridgehead atoms. The van der Waals surface area contributed by atoms with E-state index in [0.29, 0.717) is 5.92 Å². The van der Waals surface area contributed by atoms with Crippen LogP contribution in [-0.4, -0.2) is 43.0 Å². The molecule has 90 valence electrons. The molecule has 16 heavy (non-hydrogen) atoms. The zero-order valence-electron chi connectivity index (χ0n) is 10.0. The molecule has 2 rings (SSSR count). The van der Waals surface area contributed by atoms with E-state index in [2.05, 4.69) is 23.8 Å². The van der Waals surface area contributed by atoms with E-state index in [1.165, 1.54) is 5.70 Å². The van der Waals surface area contributed by atoms with E-state index in [1.807, 2.05) is 6.08 Å². The van der Waals surface area contributed by atoms with Crippen molar-refractivity contribution < 1.29 is 0 Å². The van der Waals surface area contributed by atoms with Gasteiger partial charge in [0, 0.05) is 43.5 Å². The molecule has 1 heterocycles. The summed E-state index contributed by atoms with van der Waals surface area (Å²) in [5, 5.41) is 0.833. The van der Waals surface area contributed by atoms with Crippen molar-refractivity contribution in [3.63, 3.8) is 0 Å². The highest BCUT2D eigenvalue weighted by Crippen LogP contribution is 2.31. The topological polar surface area (TPSA) is 32.5 Å². The maximum Gasteiger partial charge on any atom is 0.0614 e. The standard InChI is InChI=1S/C12H20ClN3/c1-9-7-12(10(13)8-11(9)14)16-5-3-15(2)4-6-16/h8-9H,3-7,14H2,1-2H3. The number of nitrogens with two attached hydrogens (primary N) is 1. The summed E-state index contributed by atoms with van der Waals surface area (Å²) in [5.74, 6) is 0.414. The zero-order valence-corrected chi connectivity index (χ0v) is 10.8. The molecule has 1 fully saturated rings. The quantitative estimate of drug-likeness (QED) is 0.757. The summed E-state index contributed by atoms with van der Waals surface area (Å²) >= 11 is 6.28. The highest BCUT2D eigenvalue weighted by atomic mass is 35.5. The normalized spacial score (nSPS) is 28.3. The molecule has 0 radical (unpaired) electrons. The van der Waals surface area contributed by atoms with Gasteiger partial charge in [-0.05, 0) is 19.5 Å². The minimum Gasteiger partial charge on any atom is -0.402 e. The fraction of sp³-hybridized carbons (Fsp3) is 0.667. The summed E-state index contributed by atoms with van der Waals surface area (Å²) in [6.07, 6.45) is 2.90. The van der Waals surface area contributed by atoms with Crippen molar-refractivity contribution in [2.45, 2.75) is 13.3 Å². The minimum absolute atomic E-state index is 0.414. The molecule has 1 atom stereocenters. The average molecular weight is 242 g/mol. The second kappa shape index (κ2) is 4.68. The van der Waals surface area contributed by atoms with E-state index in [0.717, 1.165) is 43.3 Å². The van der Waals surface area contributed by atoms with Crippen LogP contribution in [0.2, 0.25) is 0 Å². The summed E-state index contributed by atoms with van der Waals surface area (Å²) in [7, 11) is 2.16. The van der Waals surface area contributed by atoms with E-state index in [4.69, 9.17) is 17.3 Å². The van der Waals surface area contributed by atoms with Gasteiger partial charge in [0.25, 0.3) is 0 Å². The second-order valence-electron chi connectivity index (χ2n) is 4.83. The first-order valence-electron chi connectivity index (χ1n) is 5.87. The van der Waals surface area contributed by atoms with Crippen LogP contribution in [0, 0.1) is 5.92 Å². The number of rotatable bonds is 1. The zero-order chi connectivity index (χ0) is 11.7. The van der Waals surface area contributed by atoms with Crippen LogP contribution in [0.15, 0.2) is 22.5 Å². The predicted molar refractivity (Wildman–Crippen MR) is 68.0 cm³/mol. The molecule has 1 unspecified atom stereocenters. The fourth-order valence-electron chi connectivity index (χ4n) is 2.23. The van der Waals surface area contributed by atoms with E-state index in [1.54, 1.807) is 0 Å². The fourth-order valence-corrected chi connectivity index (χ4v) is 2.56. The first-order chi connectivity index (χ1) is 7.58. The lowest BCUT2D eigenvalue weighted by atomic mass is 9.95. The summed E-state index contributed by atoms with van der Waals surface area (Å²) in [6.45, 7) is 6.53. The van der Waals surface area contributed by atoms with Gasteiger partial charge in [-0.2, -0.15) is 0 Å². The van der Waals surface area contributed by atoms with Crippen LogP contribution in [0.4, 0.5) is 0 Å². The Morgan fingerprint density at radius 3 is 2.56 bits per heavy atom. The lowest BCUT2D eigenvalue weighted by Gasteiger charge is -2.38. The lowest BCUT2D eigenvalue weighted by Crippen LogP contribution is -2.44. The van der Waals surface area contributed by atoms with E-state index in [9.17, 15) is 0 Å². The van der Waals surface area contributed by atoms with Gasteiger partial charge in [0.1, 0.15) is 0 Å². The highest BCUT2D eigenvalue weighted by Gasteiger charge is 2.23. The molecular weight excluding hydrogens is 222 g/mol. The number of hydrogen-bond acceptors (Lipinski definition) is 3. The molecule has 3 nitrogen and oxygen atoms in total. The molecular formula is C12H20ClN3. The molecule has 2 aliphatic rings. The number of allylic oxidation sites excluding steroid dienone is 4. The smallest absolute Gasteiger partial charge is 0.0614 e. The van der Waals surface area contributed by atoms with Crippen molar-refractivity contribution >= 4 is 11.6 Å². The summed E-state index contributed by atoms with van der Waals surface area (Å²) in [6, 6.07) is 0. The molecule has 1 aliphatic carbocycles. The third kappa shape index (κ3) is 2.36. The molecule has 1 aliphatic heterocycles. The number of piperazine rings is 1. The first kappa shape index (κ1) is 11.8. The molecule has 0 aromatic heterocycles. The Morgan fingerprint density at radius 1 is 1.31 bits per heavy atom. The van der Waals surface area contributed by atoms with Crippen molar-refractivity contribution in [1.29, 1.82) is 0 Å². The third-order valence-electron chi connectivity index (χ3n) is 3.52. The number of likely N-dealkylation sites (N-methyl/N-ethyl adjacent to an activating group) is 1. The molecule has 0 amide bonds. The van der Waals surface area contributed by atoms with Crippen LogP contribution in [-0.2, 0) is 0 Å². The number of halogens is 1. The monoisotopic (exact) mass is 241 g/mol. The van der Waals surface area contributed by atoms with Gasteiger partial charge in [-0.25, -0.2) is 0 Å². The van der Waals surface area contributed by atoms with Gasteiger partial charge in [0.15, 0.2) is 0 Å². The predicted octanol–water partition coefficient (Wildman–Crippen LogP) is 1.57. The minimum atomic E-state index is 0.414. The molecule has 2 N–H and O–H groups in total. The van der Waals surface area contributed by atoms with E-state index < -0.39 is 0 Å². The molecule has 0 aromatic rings. The molecule has 4 heteroatoms. The van der Waals surface area contributed by atoms with Crippen molar-refractivity contribution in [3.8, 4) is 0 Å². The summed E-state index contributed by atoms with van der Waals surface area (Å²) in [4.78, 5) is 4.75. The van der Waals surface area contributed by atoms with E-state index >= 15 is 0 Å². The number of nitrogens with zero attached hydrogens (tertiary/aromatic N) is 2. The van der Waals surface area contributed by atoms with Crippen LogP contribution in [0.25, 0.3) is 0 Å². The SMILES string of the molecule is CC1CC(N2CCN(C)CC2)=C(Cl)C=C1N. The number of hydrogen-bond donors (Lipinski definition) is 1. The van der Waals surface area contributed by atoms with Crippen LogP contribution in [0.1, 0.15) is 13.3 Å². The van der Waals surface area contributed by atoms with Gasteiger partial charge in [-0.3, -0.25) is 0 Å². The molecule has 0 aromatic carbocycles. The van der Waals surface area contributed by atoms with Crippen molar-refractivity contribution in [2.24, 2.45) is 11.7 Å². The van der Waals surface area contributed by atoms with Crippen molar-refractivity contribution in [1.82, 2.24) is 9.80 Å². The Balaban J connectivity index is 2.12. The van der Waals surface area contributed by atoms with Crippen molar-refractivity contribution in [2.75, 3.05) is 33.2 Å². The summed E-state index contributed by atoms with van der Waals surface area (Å²) in [5.41, 5.74) is 8.08. The van der Waals surface area contributed by atoms with Gasteiger partial charge >= 0.3 is 0 Å². The third-order valence-corrected chi connectivity index (χ3v) is 3.85. The Morgan fingerprint density at radius 2 is 1.94 bits per heavy atom. The van der Waals surface area contributed by atoms with Crippen molar-refractivity contribution in [3.05, 3.63) is 22.5 Å². The second-order valence-corrected chi connectivity index (χ2v) is 5.24. The maximum atomic E-state index is 6.28. The average Bonchev–Trinajstić information content (AvgIpc) is 2.25. The Labute approximate surface area is 103 Å². The lowest BCUT2D eigenvalue weighted by molar-refractivity contribution is 0.179. The maximum absolute atomic E-state index is 6.28. The highest BCUT2D eigenvalue weighted by molar-refractivity contribution is 6.31. The van der Waals surface area contributed by atoms with Crippen LogP contribution >= 0.6 is 11.6 Å². The van der Waals surface area contributed by atoms with Crippen LogP contribution < -0.4 is 5.73 Å². The van der Waals surface area contributed by atoms with Crippen LogP contribution in [0.5, 0.6) is 0 Å². The van der Waals surface area contributed by atoms with Gasteiger partial charge < -0.3 is 15.5 Å².